The van der Waals surface area contributed by atoms with E-state index in [4.69, 9.17) is 9.47 Å². The van der Waals surface area contributed by atoms with Gasteiger partial charge >= 0.3 is 0 Å². The summed E-state index contributed by atoms with van der Waals surface area (Å²) in [7, 11) is 1.59. The van der Waals surface area contributed by atoms with Crippen molar-refractivity contribution in [3.63, 3.8) is 0 Å². The van der Waals surface area contributed by atoms with Crippen LogP contribution in [0.2, 0.25) is 0 Å². The van der Waals surface area contributed by atoms with Gasteiger partial charge in [-0.2, -0.15) is 0 Å². The molecule has 0 bridgehead atoms. The lowest BCUT2D eigenvalue weighted by molar-refractivity contribution is -0.135. The number of amides is 2. The van der Waals surface area contributed by atoms with Gasteiger partial charge in [-0.25, -0.2) is 0 Å². The maximum atomic E-state index is 13.7. The standard InChI is InChI=1S/C30H36N2O4S/c1-5-16-31(30(34)23-8-10-24(35-4)11-9-23)19-29(33)32-17-14-28-26(15-18-37-28)27(32)20-36-25-12-6-22(7-13-25)21(2)3/h6-13,15,18,21,27H,5,14,16-17,19-20H2,1-4H3/t27-/m1/s1. The summed E-state index contributed by atoms with van der Waals surface area (Å²) in [6.07, 6.45) is 1.58. The molecule has 2 aromatic carbocycles. The van der Waals surface area contributed by atoms with Crippen molar-refractivity contribution in [2.75, 3.05) is 33.4 Å². The number of rotatable bonds is 10. The Morgan fingerprint density at radius 1 is 1.05 bits per heavy atom. The highest BCUT2D eigenvalue weighted by Gasteiger charge is 2.33. The second kappa shape index (κ2) is 12.3. The molecule has 0 radical (unpaired) electrons. The number of ether oxygens (including phenoxy) is 2. The Morgan fingerprint density at radius 2 is 1.76 bits per heavy atom. The Labute approximate surface area is 223 Å². The van der Waals surface area contributed by atoms with Gasteiger partial charge in [0.1, 0.15) is 24.7 Å². The van der Waals surface area contributed by atoms with Gasteiger partial charge in [0.05, 0.1) is 13.2 Å². The highest BCUT2D eigenvalue weighted by Crippen LogP contribution is 2.34. The van der Waals surface area contributed by atoms with Crippen molar-refractivity contribution in [2.24, 2.45) is 0 Å². The van der Waals surface area contributed by atoms with E-state index in [2.05, 4.69) is 37.4 Å². The van der Waals surface area contributed by atoms with Gasteiger partial charge in [-0.15, -0.1) is 11.3 Å². The molecule has 0 N–H and O–H groups in total. The molecule has 2 heterocycles. The van der Waals surface area contributed by atoms with Crippen LogP contribution >= 0.6 is 11.3 Å². The predicted octanol–water partition coefficient (Wildman–Crippen LogP) is 5.94. The number of methoxy groups -OCH3 is 1. The van der Waals surface area contributed by atoms with Gasteiger partial charge in [0, 0.05) is 23.5 Å². The van der Waals surface area contributed by atoms with Crippen LogP contribution in [0.25, 0.3) is 0 Å². The van der Waals surface area contributed by atoms with Crippen molar-refractivity contribution >= 4 is 23.2 Å². The average Bonchev–Trinajstić information content (AvgIpc) is 3.40. The van der Waals surface area contributed by atoms with Crippen LogP contribution in [0.4, 0.5) is 0 Å². The third-order valence-corrected chi connectivity index (χ3v) is 7.81. The van der Waals surface area contributed by atoms with E-state index >= 15 is 0 Å². The summed E-state index contributed by atoms with van der Waals surface area (Å²) in [4.78, 5) is 31.8. The van der Waals surface area contributed by atoms with Crippen molar-refractivity contribution < 1.29 is 19.1 Å². The molecule has 1 atom stereocenters. The monoisotopic (exact) mass is 520 g/mol. The molecule has 4 rings (SSSR count). The summed E-state index contributed by atoms with van der Waals surface area (Å²) in [6.45, 7) is 7.88. The van der Waals surface area contributed by atoms with Crippen LogP contribution in [0.15, 0.2) is 60.0 Å². The minimum atomic E-state index is -0.188. The van der Waals surface area contributed by atoms with E-state index in [0.29, 0.717) is 36.9 Å². The van der Waals surface area contributed by atoms with Gasteiger partial charge < -0.3 is 19.3 Å². The summed E-state index contributed by atoms with van der Waals surface area (Å²) in [6, 6.07) is 17.1. The fourth-order valence-corrected chi connectivity index (χ4v) is 5.62. The fourth-order valence-electron chi connectivity index (χ4n) is 4.69. The number of fused-ring (bicyclic) bond motifs is 1. The predicted molar refractivity (Wildman–Crippen MR) is 148 cm³/mol. The van der Waals surface area contributed by atoms with Crippen molar-refractivity contribution in [2.45, 2.75) is 45.6 Å². The average molecular weight is 521 g/mol. The number of nitrogens with zero attached hydrogens (tertiary/aromatic N) is 2. The molecule has 7 heteroatoms. The van der Waals surface area contributed by atoms with E-state index in [1.807, 2.05) is 24.0 Å². The Hall–Kier alpha value is -3.32. The van der Waals surface area contributed by atoms with Crippen molar-refractivity contribution in [3.05, 3.63) is 81.5 Å². The van der Waals surface area contributed by atoms with Gasteiger partial charge in [0.2, 0.25) is 5.91 Å². The maximum Gasteiger partial charge on any atom is 0.254 e. The molecular weight excluding hydrogens is 484 g/mol. The van der Waals surface area contributed by atoms with Gasteiger partial charge in [-0.1, -0.05) is 32.9 Å². The van der Waals surface area contributed by atoms with E-state index < -0.39 is 0 Å². The molecule has 1 aromatic heterocycles. The number of thiophene rings is 1. The second-order valence-electron chi connectivity index (χ2n) is 9.64. The zero-order chi connectivity index (χ0) is 26.4. The van der Waals surface area contributed by atoms with Crippen molar-refractivity contribution in [3.8, 4) is 11.5 Å². The minimum absolute atomic E-state index is 0.0394. The van der Waals surface area contributed by atoms with Gasteiger partial charge in [-0.3, -0.25) is 9.59 Å². The number of hydrogen-bond donors (Lipinski definition) is 0. The molecule has 37 heavy (non-hydrogen) atoms. The highest BCUT2D eigenvalue weighted by molar-refractivity contribution is 7.10. The fraction of sp³-hybridized carbons (Fsp3) is 0.400. The Bertz CT molecular complexity index is 1190. The van der Waals surface area contributed by atoms with E-state index in [-0.39, 0.29) is 24.4 Å². The van der Waals surface area contributed by atoms with Crippen LogP contribution in [0, 0.1) is 0 Å². The zero-order valence-electron chi connectivity index (χ0n) is 22.1. The zero-order valence-corrected chi connectivity index (χ0v) is 22.9. The molecule has 0 saturated heterocycles. The molecule has 6 nitrogen and oxygen atoms in total. The molecular formula is C30H36N2O4S. The van der Waals surface area contributed by atoms with Crippen LogP contribution in [-0.2, 0) is 11.2 Å². The SMILES string of the molecule is CCCN(CC(=O)N1CCc2sccc2[C@H]1COc1ccc(C(C)C)cc1)C(=O)c1ccc(OC)cc1. The normalized spacial score (nSPS) is 14.8. The Kier molecular flexibility index (Phi) is 8.87. The summed E-state index contributed by atoms with van der Waals surface area (Å²) in [5.41, 5.74) is 2.96. The molecule has 0 spiro atoms. The first-order valence-electron chi connectivity index (χ1n) is 12.9. The molecule has 0 aliphatic carbocycles. The summed E-state index contributed by atoms with van der Waals surface area (Å²) >= 11 is 1.73. The van der Waals surface area contributed by atoms with E-state index in [0.717, 1.165) is 24.2 Å². The molecule has 0 unspecified atom stereocenters. The van der Waals surface area contributed by atoms with Gasteiger partial charge in [0.15, 0.2) is 0 Å². The van der Waals surface area contributed by atoms with Crippen molar-refractivity contribution in [1.82, 2.24) is 9.80 Å². The highest BCUT2D eigenvalue weighted by atomic mass is 32.1. The Balaban J connectivity index is 1.49. The molecule has 1 aliphatic heterocycles. The van der Waals surface area contributed by atoms with Crippen molar-refractivity contribution in [1.29, 1.82) is 0 Å². The topological polar surface area (TPSA) is 59.1 Å². The quantitative estimate of drug-likeness (QED) is 0.332. The van der Waals surface area contributed by atoms with Gasteiger partial charge in [-0.05, 0) is 77.7 Å². The van der Waals surface area contributed by atoms with Gasteiger partial charge in [0.25, 0.3) is 5.91 Å². The number of hydrogen-bond acceptors (Lipinski definition) is 5. The number of carbonyl (C=O) groups is 2. The molecule has 3 aromatic rings. The molecule has 0 fully saturated rings. The van der Waals surface area contributed by atoms with E-state index in [9.17, 15) is 9.59 Å². The lowest BCUT2D eigenvalue weighted by Crippen LogP contribution is -2.48. The molecule has 1 aliphatic rings. The number of carbonyl (C=O) groups excluding carboxylic acids is 2. The third-order valence-electron chi connectivity index (χ3n) is 6.81. The lowest BCUT2D eigenvalue weighted by Gasteiger charge is -2.37. The van der Waals surface area contributed by atoms with E-state index in [1.165, 1.54) is 10.4 Å². The van der Waals surface area contributed by atoms with Crippen LogP contribution in [0.5, 0.6) is 11.5 Å². The van der Waals surface area contributed by atoms with Crippen LogP contribution in [-0.4, -0.2) is 55.0 Å². The lowest BCUT2D eigenvalue weighted by atomic mass is 10.00. The summed E-state index contributed by atoms with van der Waals surface area (Å²) < 4.78 is 11.4. The van der Waals surface area contributed by atoms with Crippen LogP contribution < -0.4 is 9.47 Å². The minimum Gasteiger partial charge on any atom is -0.497 e. The van der Waals surface area contributed by atoms with Crippen LogP contribution in [0.3, 0.4) is 0 Å². The number of benzene rings is 2. The first-order valence-corrected chi connectivity index (χ1v) is 13.8. The summed E-state index contributed by atoms with van der Waals surface area (Å²) in [5.74, 6) is 1.73. The largest absolute Gasteiger partial charge is 0.497 e. The molecule has 0 saturated carbocycles. The molecule has 2 amide bonds. The maximum absolute atomic E-state index is 13.7. The first-order chi connectivity index (χ1) is 17.9. The second-order valence-corrected chi connectivity index (χ2v) is 10.6. The Morgan fingerprint density at radius 3 is 2.41 bits per heavy atom. The summed E-state index contributed by atoms with van der Waals surface area (Å²) in [5, 5.41) is 2.08. The first kappa shape index (κ1) is 26.7. The van der Waals surface area contributed by atoms with Crippen LogP contribution in [0.1, 0.15) is 65.5 Å². The molecule has 196 valence electrons. The third kappa shape index (κ3) is 6.34. The van der Waals surface area contributed by atoms with E-state index in [1.54, 1.807) is 47.6 Å². The smallest absolute Gasteiger partial charge is 0.254 e.